The summed E-state index contributed by atoms with van der Waals surface area (Å²) in [6.07, 6.45) is 0. The van der Waals surface area contributed by atoms with E-state index in [4.69, 9.17) is 33.0 Å². The van der Waals surface area contributed by atoms with Gasteiger partial charge in [-0.25, -0.2) is 4.79 Å². The van der Waals surface area contributed by atoms with Crippen LogP contribution in [0.1, 0.15) is 10.4 Å². The number of ether oxygens (including phenoxy) is 1. The summed E-state index contributed by atoms with van der Waals surface area (Å²) in [7, 11) is 0. The maximum atomic E-state index is 11.7. The van der Waals surface area contributed by atoms with Gasteiger partial charge in [-0.2, -0.15) is 0 Å². The molecule has 1 amide bonds. The maximum absolute atomic E-state index is 11.7. The highest BCUT2D eigenvalue weighted by Gasteiger charge is 2.14. The third-order valence-corrected chi connectivity index (χ3v) is 3.98. The number of carbonyl (C=O) groups excluding carboxylic acids is 1. The largest absolute Gasteiger partial charge is 0.484 e. The van der Waals surface area contributed by atoms with Gasteiger partial charge in [-0.1, -0.05) is 23.2 Å². The van der Waals surface area contributed by atoms with Crippen molar-refractivity contribution in [1.29, 1.82) is 0 Å². The van der Waals surface area contributed by atoms with Crippen molar-refractivity contribution in [1.82, 2.24) is 0 Å². The average molecular weight is 346 g/mol. The second-order valence-corrected chi connectivity index (χ2v) is 5.61. The molecule has 2 aromatic rings. The molecule has 0 unspecified atom stereocenters. The summed E-state index contributed by atoms with van der Waals surface area (Å²) in [5.74, 6) is -1.17. The number of benzene rings is 1. The fourth-order valence-corrected chi connectivity index (χ4v) is 2.54. The predicted octanol–water partition coefficient (Wildman–Crippen LogP) is 3.77. The number of aromatic carboxylic acids is 1. The van der Waals surface area contributed by atoms with Gasteiger partial charge in [-0.3, -0.25) is 4.79 Å². The van der Waals surface area contributed by atoms with Crippen molar-refractivity contribution in [2.24, 2.45) is 0 Å². The molecule has 2 rings (SSSR count). The highest BCUT2D eigenvalue weighted by Crippen LogP contribution is 2.26. The molecule has 0 saturated carbocycles. The number of rotatable bonds is 5. The molecular formula is C13H9Cl2NO4S. The van der Waals surface area contributed by atoms with Crippen molar-refractivity contribution < 1.29 is 19.4 Å². The maximum Gasteiger partial charge on any atom is 0.338 e. The number of carboxylic acid groups (broad SMARTS) is 1. The Morgan fingerprint density at radius 3 is 2.67 bits per heavy atom. The average Bonchev–Trinajstić information content (AvgIpc) is 2.88. The van der Waals surface area contributed by atoms with Crippen molar-refractivity contribution in [3.63, 3.8) is 0 Å². The fourth-order valence-electron chi connectivity index (χ4n) is 1.45. The van der Waals surface area contributed by atoms with E-state index in [0.29, 0.717) is 15.8 Å². The van der Waals surface area contributed by atoms with E-state index >= 15 is 0 Å². The quantitative estimate of drug-likeness (QED) is 0.864. The Labute approximate surface area is 134 Å². The van der Waals surface area contributed by atoms with Gasteiger partial charge in [0.2, 0.25) is 0 Å². The molecule has 0 atom stereocenters. The molecule has 0 aliphatic carbocycles. The van der Waals surface area contributed by atoms with Gasteiger partial charge in [0.15, 0.2) is 6.61 Å². The summed E-state index contributed by atoms with van der Waals surface area (Å²) in [5.41, 5.74) is 0.0443. The topological polar surface area (TPSA) is 75.6 Å². The van der Waals surface area contributed by atoms with Gasteiger partial charge >= 0.3 is 5.97 Å². The molecule has 21 heavy (non-hydrogen) atoms. The molecule has 1 aromatic carbocycles. The van der Waals surface area contributed by atoms with Crippen molar-refractivity contribution in [3.05, 3.63) is 45.3 Å². The minimum atomic E-state index is -1.10. The summed E-state index contributed by atoms with van der Waals surface area (Å²) < 4.78 is 5.25. The van der Waals surface area contributed by atoms with Crippen molar-refractivity contribution in [2.45, 2.75) is 0 Å². The normalized spacial score (nSPS) is 10.2. The molecule has 110 valence electrons. The van der Waals surface area contributed by atoms with E-state index in [1.165, 1.54) is 12.1 Å². The first kappa shape index (κ1) is 15.6. The van der Waals surface area contributed by atoms with E-state index < -0.39 is 11.9 Å². The molecule has 0 saturated heterocycles. The minimum Gasteiger partial charge on any atom is -0.484 e. The van der Waals surface area contributed by atoms with Crippen LogP contribution in [-0.4, -0.2) is 23.6 Å². The van der Waals surface area contributed by atoms with Crippen LogP contribution in [0.4, 0.5) is 5.00 Å². The van der Waals surface area contributed by atoms with Crippen LogP contribution >= 0.6 is 34.5 Å². The molecule has 0 fully saturated rings. The molecule has 1 aromatic heterocycles. The lowest BCUT2D eigenvalue weighted by atomic mass is 10.3. The van der Waals surface area contributed by atoms with Gasteiger partial charge in [-0.15, -0.1) is 11.3 Å². The number of carbonyl (C=O) groups is 2. The summed E-state index contributed by atoms with van der Waals surface area (Å²) in [6.45, 7) is -0.269. The molecule has 0 bridgehead atoms. The predicted molar refractivity (Wildman–Crippen MR) is 81.9 cm³/mol. The van der Waals surface area contributed by atoms with Gasteiger partial charge in [-0.05, 0) is 23.6 Å². The number of thiophene rings is 1. The molecule has 1 heterocycles. The molecular weight excluding hydrogens is 337 g/mol. The first-order valence-corrected chi connectivity index (χ1v) is 7.29. The van der Waals surface area contributed by atoms with Crippen LogP contribution in [0.3, 0.4) is 0 Å². The minimum absolute atomic E-state index is 0.0443. The Morgan fingerprint density at radius 2 is 2.00 bits per heavy atom. The number of anilines is 1. The number of carboxylic acids is 1. The third-order valence-electron chi connectivity index (χ3n) is 2.41. The summed E-state index contributed by atoms with van der Waals surface area (Å²) in [6, 6.07) is 6.04. The molecule has 0 spiro atoms. The fraction of sp³-hybridized carbons (Fsp3) is 0.0769. The zero-order valence-corrected chi connectivity index (χ0v) is 12.8. The first-order chi connectivity index (χ1) is 9.97. The lowest BCUT2D eigenvalue weighted by Gasteiger charge is -2.07. The Morgan fingerprint density at radius 1 is 1.24 bits per heavy atom. The second kappa shape index (κ2) is 6.80. The molecule has 8 heteroatoms. The zero-order chi connectivity index (χ0) is 15.4. The van der Waals surface area contributed by atoms with Gasteiger partial charge in [0.05, 0.1) is 15.6 Å². The standard InChI is InChI=1S/C13H9Cl2NO4S/c14-9-2-1-7(5-10(9)15)20-6-11(17)16-12-8(13(18)19)3-4-21-12/h1-5H,6H2,(H,16,17)(H,18,19). The highest BCUT2D eigenvalue weighted by molar-refractivity contribution is 7.14. The van der Waals surface area contributed by atoms with Crippen LogP contribution in [0.5, 0.6) is 5.75 Å². The Balaban J connectivity index is 1.94. The van der Waals surface area contributed by atoms with E-state index in [1.807, 2.05) is 0 Å². The highest BCUT2D eigenvalue weighted by atomic mass is 35.5. The number of amides is 1. The van der Waals surface area contributed by atoms with Gasteiger partial charge in [0.1, 0.15) is 10.8 Å². The van der Waals surface area contributed by atoms with Crippen LogP contribution in [0.15, 0.2) is 29.6 Å². The molecule has 0 aliphatic rings. The van der Waals surface area contributed by atoms with Crippen LogP contribution in [-0.2, 0) is 4.79 Å². The van der Waals surface area contributed by atoms with Gasteiger partial charge in [0, 0.05) is 6.07 Å². The van der Waals surface area contributed by atoms with Crippen molar-refractivity contribution in [2.75, 3.05) is 11.9 Å². The third kappa shape index (κ3) is 4.10. The summed E-state index contributed by atoms with van der Waals surface area (Å²) in [4.78, 5) is 22.6. The Hall–Kier alpha value is -1.76. The number of halogens is 2. The van der Waals surface area contributed by atoms with E-state index in [0.717, 1.165) is 11.3 Å². The van der Waals surface area contributed by atoms with Crippen LogP contribution in [0, 0.1) is 0 Å². The Bertz CT molecular complexity index is 687. The van der Waals surface area contributed by atoms with Gasteiger partial charge < -0.3 is 15.2 Å². The van der Waals surface area contributed by atoms with Crippen LogP contribution in [0.25, 0.3) is 0 Å². The Kier molecular flexibility index (Phi) is 5.06. The number of hydrogen-bond donors (Lipinski definition) is 2. The SMILES string of the molecule is O=C(COc1ccc(Cl)c(Cl)c1)Nc1sccc1C(=O)O. The van der Waals surface area contributed by atoms with Crippen molar-refractivity contribution >= 4 is 51.4 Å². The second-order valence-electron chi connectivity index (χ2n) is 3.88. The zero-order valence-electron chi connectivity index (χ0n) is 10.4. The van der Waals surface area contributed by atoms with E-state index in [9.17, 15) is 9.59 Å². The number of hydrogen-bond acceptors (Lipinski definition) is 4. The lowest BCUT2D eigenvalue weighted by molar-refractivity contribution is -0.118. The molecule has 2 N–H and O–H groups in total. The van der Waals surface area contributed by atoms with Crippen molar-refractivity contribution in [3.8, 4) is 5.75 Å². The van der Waals surface area contributed by atoms with Crippen LogP contribution < -0.4 is 10.1 Å². The van der Waals surface area contributed by atoms with E-state index in [1.54, 1.807) is 17.5 Å². The van der Waals surface area contributed by atoms with Gasteiger partial charge in [0.25, 0.3) is 5.91 Å². The lowest BCUT2D eigenvalue weighted by Crippen LogP contribution is -2.20. The first-order valence-electron chi connectivity index (χ1n) is 5.66. The number of nitrogens with one attached hydrogen (secondary N) is 1. The van der Waals surface area contributed by atoms with E-state index in [2.05, 4.69) is 5.32 Å². The molecule has 0 radical (unpaired) electrons. The summed E-state index contributed by atoms with van der Waals surface area (Å²) >= 11 is 12.7. The summed E-state index contributed by atoms with van der Waals surface area (Å²) in [5, 5.41) is 14.0. The van der Waals surface area contributed by atoms with Crippen LogP contribution in [0.2, 0.25) is 10.0 Å². The molecule has 0 aliphatic heterocycles. The monoisotopic (exact) mass is 345 g/mol. The molecule has 5 nitrogen and oxygen atoms in total. The van der Waals surface area contributed by atoms with E-state index in [-0.39, 0.29) is 17.2 Å². The smallest absolute Gasteiger partial charge is 0.338 e.